The number of carbonyl (C=O) groups excluding carboxylic acids is 2. The SMILES string of the molecule is CCc1ccc(OC(=O)[C@@H]2CC(=O)N(c3ccc(Br)cc3)C2)cc1. The molecule has 4 nitrogen and oxygen atoms in total. The van der Waals surface area contributed by atoms with Crippen LogP contribution in [0.15, 0.2) is 53.0 Å². The highest BCUT2D eigenvalue weighted by atomic mass is 79.9. The average Bonchev–Trinajstić information content (AvgIpc) is 2.98. The normalized spacial score (nSPS) is 17.2. The van der Waals surface area contributed by atoms with Gasteiger partial charge >= 0.3 is 5.97 Å². The van der Waals surface area contributed by atoms with E-state index in [0.29, 0.717) is 12.3 Å². The molecule has 1 aliphatic heterocycles. The molecule has 0 unspecified atom stereocenters. The molecule has 1 aliphatic rings. The van der Waals surface area contributed by atoms with Gasteiger partial charge in [0.1, 0.15) is 5.75 Å². The zero-order chi connectivity index (χ0) is 17.1. The number of amides is 1. The van der Waals surface area contributed by atoms with E-state index in [-0.39, 0.29) is 18.3 Å². The van der Waals surface area contributed by atoms with Gasteiger partial charge in [-0.25, -0.2) is 0 Å². The number of halogens is 1. The Morgan fingerprint density at radius 3 is 2.46 bits per heavy atom. The molecule has 1 amide bonds. The van der Waals surface area contributed by atoms with Crippen molar-refractivity contribution in [2.24, 2.45) is 5.92 Å². The minimum absolute atomic E-state index is 0.0550. The average molecular weight is 388 g/mol. The number of carbonyl (C=O) groups is 2. The molecule has 2 aromatic rings. The molecule has 0 aliphatic carbocycles. The fourth-order valence-electron chi connectivity index (χ4n) is 2.73. The number of benzene rings is 2. The van der Waals surface area contributed by atoms with Crippen LogP contribution >= 0.6 is 15.9 Å². The topological polar surface area (TPSA) is 46.6 Å². The van der Waals surface area contributed by atoms with Crippen LogP contribution in [0.5, 0.6) is 5.75 Å². The van der Waals surface area contributed by atoms with E-state index in [0.717, 1.165) is 16.6 Å². The van der Waals surface area contributed by atoms with E-state index in [2.05, 4.69) is 22.9 Å². The van der Waals surface area contributed by atoms with E-state index in [9.17, 15) is 9.59 Å². The third-order valence-electron chi connectivity index (χ3n) is 4.15. The van der Waals surface area contributed by atoms with E-state index in [1.807, 2.05) is 36.4 Å². The molecule has 1 atom stereocenters. The molecule has 1 fully saturated rings. The van der Waals surface area contributed by atoms with Gasteiger partial charge in [-0.05, 0) is 48.4 Å². The Kier molecular flexibility index (Phi) is 5.00. The maximum Gasteiger partial charge on any atom is 0.316 e. The maximum atomic E-state index is 12.3. The molecule has 0 bridgehead atoms. The number of anilines is 1. The van der Waals surface area contributed by atoms with Crippen LogP contribution in [0.1, 0.15) is 18.9 Å². The molecule has 5 heteroatoms. The molecule has 0 radical (unpaired) electrons. The molecule has 0 spiro atoms. The van der Waals surface area contributed by atoms with Gasteiger partial charge in [0.05, 0.1) is 5.92 Å². The van der Waals surface area contributed by atoms with Gasteiger partial charge in [0.2, 0.25) is 5.91 Å². The summed E-state index contributed by atoms with van der Waals surface area (Å²) in [7, 11) is 0. The maximum absolute atomic E-state index is 12.3. The lowest BCUT2D eigenvalue weighted by molar-refractivity contribution is -0.139. The van der Waals surface area contributed by atoms with E-state index in [1.54, 1.807) is 17.0 Å². The predicted molar refractivity (Wildman–Crippen MR) is 96.1 cm³/mol. The lowest BCUT2D eigenvalue weighted by atomic mass is 10.1. The van der Waals surface area contributed by atoms with Crippen molar-refractivity contribution in [1.82, 2.24) is 0 Å². The largest absolute Gasteiger partial charge is 0.426 e. The van der Waals surface area contributed by atoms with Crippen molar-refractivity contribution in [1.29, 1.82) is 0 Å². The zero-order valence-electron chi connectivity index (χ0n) is 13.4. The number of rotatable bonds is 4. The van der Waals surface area contributed by atoms with Crippen molar-refractivity contribution in [3.63, 3.8) is 0 Å². The molecule has 0 aromatic heterocycles. The van der Waals surface area contributed by atoms with Crippen molar-refractivity contribution in [3.8, 4) is 5.75 Å². The Balaban J connectivity index is 1.66. The quantitative estimate of drug-likeness (QED) is 0.588. The van der Waals surface area contributed by atoms with Crippen LogP contribution in [0.3, 0.4) is 0 Å². The van der Waals surface area contributed by atoms with Crippen LogP contribution in [0, 0.1) is 5.92 Å². The summed E-state index contributed by atoms with van der Waals surface area (Å²) in [6, 6.07) is 14.9. The third kappa shape index (κ3) is 3.67. The van der Waals surface area contributed by atoms with Crippen LogP contribution in [0.4, 0.5) is 5.69 Å². The molecule has 1 saturated heterocycles. The Morgan fingerprint density at radius 2 is 1.83 bits per heavy atom. The predicted octanol–water partition coefficient (Wildman–Crippen LogP) is 3.97. The molecule has 1 heterocycles. The van der Waals surface area contributed by atoms with Crippen LogP contribution in [0.2, 0.25) is 0 Å². The van der Waals surface area contributed by atoms with Gasteiger partial charge in [-0.1, -0.05) is 35.0 Å². The molecule has 124 valence electrons. The fourth-order valence-corrected chi connectivity index (χ4v) is 2.99. The Hall–Kier alpha value is -2.14. The molecular weight excluding hydrogens is 370 g/mol. The highest BCUT2D eigenvalue weighted by molar-refractivity contribution is 9.10. The van der Waals surface area contributed by atoms with Crippen molar-refractivity contribution in [2.45, 2.75) is 19.8 Å². The summed E-state index contributed by atoms with van der Waals surface area (Å²) in [6.45, 7) is 2.42. The van der Waals surface area contributed by atoms with Gasteiger partial charge in [0.25, 0.3) is 0 Å². The fraction of sp³-hybridized carbons (Fsp3) is 0.263. The van der Waals surface area contributed by atoms with Crippen molar-refractivity contribution in [3.05, 3.63) is 58.6 Å². The van der Waals surface area contributed by atoms with Gasteiger partial charge in [0, 0.05) is 23.1 Å². The summed E-state index contributed by atoms with van der Waals surface area (Å²) in [4.78, 5) is 26.2. The van der Waals surface area contributed by atoms with E-state index in [1.165, 1.54) is 5.56 Å². The number of aryl methyl sites for hydroxylation is 1. The van der Waals surface area contributed by atoms with Crippen LogP contribution in [0.25, 0.3) is 0 Å². The summed E-state index contributed by atoms with van der Waals surface area (Å²) in [5.74, 6) is -0.327. The molecule has 0 saturated carbocycles. The minimum atomic E-state index is -0.438. The number of hydrogen-bond donors (Lipinski definition) is 0. The summed E-state index contributed by atoms with van der Waals surface area (Å²) < 4.78 is 6.37. The Morgan fingerprint density at radius 1 is 1.17 bits per heavy atom. The van der Waals surface area contributed by atoms with Crippen molar-refractivity contribution >= 4 is 33.5 Å². The second-order valence-corrected chi connectivity index (χ2v) is 6.72. The minimum Gasteiger partial charge on any atom is -0.426 e. The van der Waals surface area contributed by atoms with E-state index >= 15 is 0 Å². The summed E-state index contributed by atoms with van der Waals surface area (Å²) >= 11 is 3.37. The number of ether oxygens (including phenoxy) is 1. The molecule has 24 heavy (non-hydrogen) atoms. The van der Waals surface area contributed by atoms with Gasteiger partial charge in [0.15, 0.2) is 0 Å². The summed E-state index contributed by atoms with van der Waals surface area (Å²) in [5.41, 5.74) is 1.98. The van der Waals surface area contributed by atoms with Gasteiger partial charge < -0.3 is 9.64 Å². The van der Waals surface area contributed by atoms with Crippen LogP contribution < -0.4 is 9.64 Å². The highest BCUT2D eigenvalue weighted by Crippen LogP contribution is 2.27. The highest BCUT2D eigenvalue weighted by Gasteiger charge is 2.36. The molecule has 3 rings (SSSR count). The second kappa shape index (κ2) is 7.18. The standard InChI is InChI=1S/C19H18BrNO3/c1-2-13-3-9-17(10-4-13)24-19(23)14-11-18(22)21(12-14)16-7-5-15(20)6-8-16/h3-10,14H,2,11-12H2,1H3/t14-/m1/s1. The monoisotopic (exact) mass is 387 g/mol. The third-order valence-corrected chi connectivity index (χ3v) is 4.68. The van der Waals surface area contributed by atoms with E-state index in [4.69, 9.17) is 4.74 Å². The first-order valence-corrected chi connectivity index (χ1v) is 8.72. The number of nitrogens with zero attached hydrogens (tertiary/aromatic N) is 1. The van der Waals surface area contributed by atoms with E-state index < -0.39 is 5.92 Å². The van der Waals surface area contributed by atoms with Crippen molar-refractivity contribution < 1.29 is 14.3 Å². The molecular formula is C19H18BrNO3. The van der Waals surface area contributed by atoms with Crippen LogP contribution in [-0.4, -0.2) is 18.4 Å². The smallest absolute Gasteiger partial charge is 0.316 e. The Labute approximate surface area is 149 Å². The lowest BCUT2D eigenvalue weighted by Crippen LogP contribution is -2.27. The van der Waals surface area contributed by atoms with Gasteiger partial charge in [-0.3, -0.25) is 9.59 Å². The molecule has 2 aromatic carbocycles. The lowest BCUT2D eigenvalue weighted by Gasteiger charge is -2.16. The van der Waals surface area contributed by atoms with Crippen molar-refractivity contribution in [2.75, 3.05) is 11.4 Å². The van der Waals surface area contributed by atoms with Crippen LogP contribution in [-0.2, 0) is 16.0 Å². The number of esters is 1. The first-order chi connectivity index (χ1) is 11.6. The number of hydrogen-bond acceptors (Lipinski definition) is 3. The van der Waals surface area contributed by atoms with Gasteiger partial charge in [-0.15, -0.1) is 0 Å². The van der Waals surface area contributed by atoms with Gasteiger partial charge in [-0.2, -0.15) is 0 Å². The second-order valence-electron chi connectivity index (χ2n) is 5.80. The summed E-state index contributed by atoms with van der Waals surface area (Å²) in [5, 5.41) is 0. The first-order valence-electron chi connectivity index (χ1n) is 7.93. The summed E-state index contributed by atoms with van der Waals surface area (Å²) in [6.07, 6.45) is 1.12. The Bertz CT molecular complexity index is 740. The zero-order valence-corrected chi connectivity index (χ0v) is 15.0. The first kappa shape index (κ1) is 16.7. The molecule has 0 N–H and O–H groups in total.